The standard InChI is InChI=1S/C13H12BrNO3S/c1-13(2,3)18-12(17)8-6-19-11-9(14)4-7(5-16)15-10(8)11/h4-6H,1-3H3. The lowest BCUT2D eigenvalue weighted by atomic mass is 10.2. The highest BCUT2D eigenvalue weighted by atomic mass is 79.9. The lowest BCUT2D eigenvalue weighted by molar-refractivity contribution is 0.00720. The number of ether oxygens (including phenoxy) is 1. The Morgan fingerprint density at radius 3 is 2.74 bits per heavy atom. The summed E-state index contributed by atoms with van der Waals surface area (Å²) in [6.07, 6.45) is 0.654. The first-order valence-corrected chi connectivity index (χ1v) is 7.25. The number of fused-ring (bicyclic) bond motifs is 1. The Morgan fingerprint density at radius 2 is 2.16 bits per heavy atom. The predicted molar refractivity (Wildman–Crippen MR) is 77.9 cm³/mol. The summed E-state index contributed by atoms with van der Waals surface area (Å²) in [5.74, 6) is -0.429. The second-order valence-corrected chi connectivity index (χ2v) is 6.71. The van der Waals surface area contributed by atoms with Crippen LogP contribution >= 0.6 is 27.3 Å². The molecule has 2 aromatic heterocycles. The van der Waals surface area contributed by atoms with E-state index in [1.165, 1.54) is 11.3 Å². The van der Waals surface area contributed by atoms with Crippen LogP contribution in [0.5, 0.6) is 0 Å². The van der Waals surface area contributed by atoms with Crippen molar-refractivity contribution in [2.45, 2.75) is 26.4 Å². The Bertz CT molecular complexity index is 658. The van der Waals surface area contributed by atoms with Gasteiger partial charge in [-0.15, -0.1) is 11.3 Å². The summed E-state index contributed by atoms with van der Waals surface area (Å²) in [4.78, 5) is 27.1. The van der Waals surface area contributed by atoms with Gasteiger partial charge in [-0.25, -0.2) is 9.78 Å². The van der Waals surface area contributed by atoms with E-state index in [0.29, 0.717) is 17.4 Å². The third kappa shape index (κ3) is 3.01. The number of esters is 1. The molecule has 0 unspecified atom stereocenters. The number of carbonyl (C=O) groups excluding carboxylic acids is 2. The number of carbonyl (C=O) groups is 2. The van der Waals surface area contributed by atoms with E-state index in [4.69, 9.17) is 4.74 Å². The molecule has 2 heterocycles. The minimum Gasteiger partial charge on any atom is -0.456 e. The van der Waals surface area contributed by atoms with Crippen LogP contribution in [0.4, 0.5) is 0 Å². The molecule has 0 N–H and O–H groups in total. The van der Waals surface area contributed by atoms with Crippen molar-refractivity contribution < 1.29 is 14.3 Å². The zero-order valence-electron chi connectivity index (χ0n) is 10.7. The molecule has 0 spiro atoms. The van der Waals surface area contributed by atoms with Crippen LogP contribution < -0.4 is 0 Å². The van der Waals surface area contributed by atoms with Gasteiger partial charge >= 0.3 is 5.97 Å². The van der Waals surface area contributed by atoms with Gasteiger partial charge in [0.1, 0.15) is 11.3 Å². The molecule has 0 aliphatic carbocycles. The van der Waals surface area contributed by atoms with Gasteiger partial charge in [0.2, 0.25) is 0 Å². The molecule has 0 saturated heterocycles. The molecule has 0 saturated carbocycles. The van der Waals surface area contributed by atoms with Gasteiger partial charge in [0.25, 0.3) is 0 Å². The smallest absolute Gasteiger partial charge is 0.341 e. The number of hydrogen-bond donors (Lipinski definition) is 0. The zero-order valence-corrected chi connectivity index (χ0v) is 13.1. The minimum absolute atomic E-state index is 0.280. The molecule has 0 atom stereocenters. The number of aromatic nitrogens is 1. The van der Waals surface area contributed by atoms with Crippen LogP contribution in [-0.4, -0.2) is 22.8 Å². The van der Waals surface area contributed by atoms with E-state index in [0.717, 1.165) is 9.17 Å². The van der Waals surface area contributed by atoms with E-state index in [9.17, 15) is 9.59 Å². The first-order chi connectivity index (χ1) is 8.81. The van der Waals surface area contributed by atoms with E-state index >= 15 is 0 Å². The van der Waals surface area contributed by atoms with Crippen LogP contribution in [0.3, 0.4) is 0 Å². The third-order valence-corrected chi connectivity index (χ3v) is 4.13. The van der Waals surface area contributed by atoms with E-state index in [2.05, 4.69) is 20.9 Å². The van der Waals surface area contributed by atoms with Crippen molar-refractivity contribution >= 4 is 49.7 Å². The summed E-state index contributed by atoms with van der Waals surface area (Å²) in [6, 6.07) is 1.63. The SMILES string of the molecule is CC(C)(C)OC(=O)c1csc2c(Br)cc(C=O)nc12. The number of thiophene rings is 1. The summed E-state index contributed by atoms with van der Waals surface area (Å²) in [5, 5.41) is 1.70. The van der Waals surface area contributed by atoms with Crippen LogP contribution in [0.1, 0.15) is 41.6 Å². The lowest BCUT2D eigenvalue weighted by Gasteiger charge is -2.19. The number of halogens is 1. The summed E-state index contributed by atoms with van der Waals surface area (Å²) in [6.45, 7) is 5.42. The Kier molecular flexibility index (Phi) is 3.73. The number of hydrogen-bond acceptors (Lipinski definition) is 5. The summed E-state index contributed by atoms with van der Waals surface area (Å²) >= 11 is 4.76. The zero-order chi connectivity index (χ0) is 14.2. The van der Waals surface area contributed by atoms with E-state index in [1.54, 1.807) is 32.2 Å². The molecule has 0 amide bonds. The molecule has 2 rings (SSSR count). The molecule has 19 heavy (non-hydrogen) atoms. The van der Waals surface area contributed by atoms with Gasteiger partial charge in [-0.3, -0.25) is 4.79 Å². The molecule has 0 aliphatic rings. The maximum absolute atomic E-state index is 12.1. The van der Waals surface area contributed by atoms with Crippen LogP contribution in [0.25, 0.3) is 10.2 Å². The van der Waals surface area contributed by atoms with Gasteiger partial charge in [0.05, 0.1) is 15.8 Å². The van der Waals surface area contributed by atoms with Crippen molar-refractivity contribution in [1.29, 1.82) is 0 Å². The normalized spacial score (nSPS) is 11.6. The van der Waals surface area contributed by atoms with Crippen molar-refractivity contribution in [3.8, 4) is 0 Å². The molecular formula is C13H12BrNO3S. The lowest BCUT2D eigenvalue weighted by Crippen LogP contribution is -2.23. The summed E-state index contributed by atoms with van der Waals surface area (Å²) in [7, 11) is 0. The van der Waals surface area contributed by atoms with Gasteiger partial charge in [-0.1, -0.05) is 0 Å². The fraction of sp³-hybridized carbons (Fsp3) is 0.308. The molecule has 0 radical (unpaired) electrons. The molecule has 0 fully saturated rings. The highest BCUT2D eigenvalue weighted by Crippen LogP contribution is 2.32. The Labute approximate surface area is 122 Å². The van der Waals surface area contributed by atoms with Crippen LogP contribution in [0.2, 0.25) is 0 Å². The molecule has 6 heteroatoms. The van der Waals surface area contributed by atoms with Crippen molar-refractivity contribution in [1.82, 2.24) is 4.98 Å². The Morgan fingerprint density at radius 1 is 1.47 bits per heavy atom. The molecule has 2 aromatic rings. The van der Waals surface area contributed by atoms with Gasteiger partial charge < -0.3 is 4.74 Å². The second-order valence-electron chi connectivity index (χ2n) is 4.98. The number of nitrogens with zero attached hydrogens (tertiary/aromatic N) is 1. The molecular weight excluding hydrogens is 330 g/mol. The highest BCUT2D eigenvalue weighted by molar-refractivity contribution is 9.10. The van der Waals surface area contributed by atoms with Crippen LogP contribution in [0.15, 0.2) is 15.9 Å². The number of aldehydes is 1. The van der Waals surface area contributed by atoms with E-state index in [-0.39, 0.29) is 5.69 Å². The first-order valence-electron chi connectivity index (χ1n) is 5.58. The molecule has 0 aliphatic heterocycles. The van der Waals surface area contributed by atoms with Crippen molar-refractivity contribution in [2.24, 2.45) is 0 Å². The average Bonchev–Trinajstić information content (AvgIpc) is 2.70. The van der Waals surface area contributed by atoms with Crippen LogP contribution in [-0.2, 0) is 4.74 Å². The topological polar surface area (TPSA) is 56.3 Å². The summed E-state index contributed by atoms with van der Waals surface area (Å²) < 4.78 is 6.90. The molecule has 0 bridgehead atoms. The Hall–Kier alpha value is -1.27. The molecule has 100 valence electrons. The second kappa shape index (κ2) is 5.02. The minimum atomic E-state index is -0.565. The van der Waals surface area contributed by atoms with E-state index < -0.39 is 11.6 Å². The molecule has 0 aromatic carbocycles. The largest absolute Gasteiger partial charge is 0.456 e. The number of rotatable bonds is 2. The predicted octanol–water partition coefficient (Wildman–Crippen LogP) is 3.83. The highest BCUT2D eigenvalue weighted by Gasteiger charge is 2.22. The van der Waals surface area contributed by atoms with Gasteiger partial charge in [-0.05, 0) is 42.8 Å². The Balaban J connectivity index is 2.53. The average molecular weight is 342 g/mol. The third-order valence-electron chi connectivity index (χ3n) is 2.24. The van der Waals surface area contributed by atoms with Crippen molar-refractivity contribution in [3.63, 3.8) is 0 Å². The molecule has 4 nitrogen and oxygen atoms in total. The maximum atomic E-state index is 12.1. The quantitative estimate of drug-likeness (QED) is 0.615. The number of pyridine rings is 1. The van der Waals surface area contributed by atoms with E-state index in [1.807, 2.05) is 0 Å². The fourth-order valence-electron chi connectivity index (χ4n) is 1.53. The van der Waals surface area contributed by atoms with Gasteiger partial charge in [-0.2, -0.15) is 0 Å². The van der Waals surface area contributed by atoms with Gasteiger partial charge in [0, 0.05) is 9.85 Å². The van der Waals surface area contributed by atoms with Crippen LogP contribution in [0, 0.1) is 0 Å². The van der Waals surface area contributed by atoms with Crippen molar-refractivity contribution in [3.05, 3.63) is 27.2 Å². The monoisotopic (exact) mass is 341 g/mol. The first kappa shape index (κ1) is 14.1. The fourth-order valence-corrected chi connectivity index (χ4v) is 3.11. The van der Waals surface area contributed by atoms with Gasteiger partial charge in [0.15, 0.2) is 6.29 Å². The summed E-state index contributed by atoms with van der Waals surface area (Å²) in [5.41, 5.74) is 0.600. The maximum Gasteiger partial charge on any atom is 0.341 e. The van der Waals surface area contributed by atoms with Crippen molar-refractivity contribution in [2.75, 3.05) is 0 Å².